The molecule has 0 bridgehead atoms. The molecule has 2 saturated heterocycles. The van der Waals surface area contributed by atoms with E-state index in [0.717, 1.165) is 19.2 Å². The number of aromatic nitrogens is 3. The Labute approximate surface area is 409 Å². The highest BCUT2D eigenvalue weighted by atomic mass is 35.5. The standard InChI is InChI=1S/C51H57ClF3N9O6/c1-29(2)44(60-49(68)69-7)47(66)64-28-36(62-26-34-10-8-9-11-35(34)27-62)20-41(64)45-57-24-40(58-45)32-14-12-31(13-15-32)37-21-38(52)39(22-42(37)70-51(53,54)55)59-46(65)33-16-17-43(56-23-33)63-19-18-61(25-30(63)3)48(67)50(4,5)6/h8-17,21-24,29-30,36,41,44H,18-20,25-28H2,1-7H3,(H,57,58)(H,59,65)(H,60,68). The van der Waals surface area contributed by atoms with Crippen LogP contribution in [0.3, 0.4) is 0 Å². The maximum Gasteiger partial charge on any atom is 0.573 e. The van der Waals surface area contributed by atoms with Gasteiger partial charge in [-0.3, -0.25) is 19.3 Å². The average molecular weight is 985 g/mol. The molecule has 3 aliphatic heterocycles. The zero-order valence-corrected chi connectivity index (χ0v) is 40.8. The Morgan fingerprint density at radius 1 is 0.886 bits per heavy atom. The first kappa shape index (κ1) is 49.8. The molecule has 3 aliphatic rings. The van der Waals surface area contributed by atoms with Gasteiger partial charge >= 0.3 is 12.5 Å². The summed E-state index contributed by atoms with van der Waals surface area (Å²) in [5.74, 6) is -0.498. The van der Waals surface area contributed by atoms with Crippen LogP contribution in [0.1, 0.15) is 81.3 Å². The fourth-order valence-corrected chi connectivity index (χ4v) is 9.70. The second-order valence-electron chi connectivity index (χ2n) is 19.5. The number of methoxy groups -OCH3 is 1. The van der Waals surface area contributed by atoms with Crippen LogP contribution in [0.15, 0.2) is 85.2 Å². The fourth-order valence-electron chi connectivity index (χ4n) is 9.48. The fraction of sp³-hybridized carbons (Fsp3) is 0.412. The summed E-state index contributed by atoms with van der Waals surface area (Å²) in [6, 6.07) is 19.2. The van der Waals surface area contributed by atoms with Crippen molar-refractivity contribution in [2.45, 2.75) is 91.6 Å². The summed E-state index contributed by atoms with van der Waals surface area (Å²) in [6.07, 6.45) is -2.17. The third-order valence-corrected chi connectivity index (χ3v) is 13.5. The van der Waals surface area contributed by atoms with Crippen LogP contribution in [0.25, 0.3) is 22.4 Å². The van der Waals surface area contributed by atoms with E-state index < -0.39 is 41.6 Å². The number of carbonyl (C=O) groups is 4. The van der Waals surface area contributed by atoms with E-state index in [-0.39, 0.29) is 51.7 Å². The molecule has 0 spiro atoms. The van der Waals surface area contributed by atoms with Gasteiger partial charge in [-0.1, -0.05) is 94.8 Å². The van der Waals surface area contributed by atoms with Gasteiger partial charge in [0.25, 0.3) is 5.91 Å². The number of H-pyrrole nitrogens is 1. The van der Waals surface area contributed by atoms with Crippen LogP contribution in [-0.4, -0.2) is 111 Å². The zero-order valence-electron chi connectivity index (χ0n) is 40.1. The number of nitrogens with zero attached hydrogens (tertiary/aromatic N) is 6. The van der Waals surface area contributed by atoms with Crippen molar-refractivity contribution >= 4 is 46.9 Å². The highest BCUT2D eigenvalue weighted by molar-refractivity contribution is 6.34. The van der Waals surface area contributed by atoms with Crippen LogP contribution >= 0.6 is 11.6 Å². The molecule has 70 heavy (non-hydrogen) atoms. The number of alkyl carbamates (subject to hydrolysis) is 1. The van der Waals surface area contributed by atoms with Crippen molar-refractivity contribution in [1.82, 2.24) is 35.0 Å². The molecule has 2 aromatic heterocycles. The monoisotopic (exact) mass is 983 g/mol. The predicted molar refractivity (Wildman–Crippen MR) is 259 cm³/mol. The van der Waals surface area contributed by atoms with Gasteiger partial charge in [-0.25, -0.2) is 14.8 Å². The number of fused-ring (bicyclic) bond motifs is 1. The summed E-state index contributed by atoms with van der Waals surface area (Å²) in [6.45, 7) is 14.9. The van der Waals surface area contributed by atoms with Gasteiger partial charge in [0.15, 0.2) is 0 Å². The largest absolute Gasteiger partial charge is 0.573 e. The summed E-state index contributed by atoms with van der Waals surface area (Å²) < 4.78 is 51.1. The Bertz CT molecular complexity index is 2720. The number of hydrogen-bond donors (Lipinski definition) is 3. The van der Waals surface area contributed by atoms with Gasteiger partial charge in [0.1, 0.15) is 23.4 Å². The number of likely N-dealkylation sites (tertiary alicyclic amines) is 1. The smallest absolute Gasteiger partial charge is 0.453 e. The van der Waals surface area contributed by atoms with Crippen molar-refractivity contribution in [3.63, 3.8) is 0 Å². The van der Waals surface area contributed by atoms with Crippen molar-refractivity contribution < 1.29 is 41.8 Å². The minimum atomic E-state index is -5.07. The number of hydrogen-bond acceptors (Lipinski definition) is 10. The van der Waals surface area contributed by atoms with Gasteiger partial charge in [0.2, 0.25) is 11.8 Å². The Hall–Kier alpha value is -6.66. The van der Waals surface area contributed by atoms with Crippen molar-refractivity contribution in [2.24, 2.45) is 11.3 Å². The normalized spacial score (nSPS) is 19.0. The van der Waals surface area contributed by atoms with Gasteiger partial charge in [0, 0.05) is 74.6 Å². The maximum atomic E-state index is 14.3. The van der Waals surface area contributed by atoms with E-state index in [9.17, 15) is 32.3 Å². The van der Waals surface area contributed by atoms with Crippen LogP contribution in [0, 0.1) is 11.3 Å². The molecule has 3 aromatic carbocycles. The molecule has 8 rings (SSSR count). The van der Waals surface area contributed by atoms with Crippen molar-refractivity contribution in [3.8, 4) is 28.1 Å². The molecule has 370 valence electrons. The molecule has 4 unspecified atom stereocenters. The summed E-state index contributed by atoms with van der Waals surface area (Å²) in [7, 11) is 1.25. The number of carbonyl (C=O) groups excluding carboxylic acids is 4. The molecule has 5 aromatic rings. The molecule has 3 N–H and O–H groups in total. The van der Waals surface area contributed by atoms with Gasteiger partial charge in [-0.2, -0.15) is 0 Å². The average Bonchev–Trinajstić information content (AvgIpc) is 4.10. The van der Waals surface area contributed by atoms with Gasteiger partial charge in [-0.05, 0) is 59.7 Å². The van der Waals surface area contributed by atoms with Gasteiger partial charge in [-0.15, -0.1) is 13.2 Å². The predicted octanol–water partition coefficient (Wildman–Crippen LogP) is 9.06. The molecule has 0 saturated carbocycles. The Balaban J connectivity index is 0.988. The van der Waals surface area contributed by atoms with E-state index in [4.69, 9.17) is 21.3 Å². The Kier molecular flexibility index (Phi) is 14.2. The van der Waals surface area contributed by atoms with Gasteiger partial charge in [0.05, 0.1) is 41.3 Å². The van der Waals surface area contributed by atoms with E-state index in [0.29, 0.717) is 61.1 Å². The number of rotatable bonds is 11. The third kappa shape index (κ3) is 10.9. The zero-order chi connectivity index (χ0) is 50.2. The lowest BCUT2D eigenvalue weighted by Crippen LogP contribution is -2.56. The molecular formula is C51H57ClF3N9O6. The lowest BCUT2D eigenvalue weighted by Gasteiger charge is -2.42. The second-order valence-corrected chi connectivity index (χ2v) is 19.9. The minimum absolute atomic E-state index is 0.00161. The Morgan fingerprint density at radius 2 is 1.57 bits per heavy atom. The molecule has 15 nitrogen and oxygen atoms in total. The van der Waals surface area contributed by atoms with Crippen molar-refractivity contribution in [3.05, 3.63) is 113 Å². The number of nitrogens with one attached hydrogen (secondary N) is 3. The van der Waals surface area contributed by atoms with Crippen LogP contribution in [0.2, 0.25) is 5.02 Å². The second kappa shape index (κ2) is 20.0. The molecular weight excluding hydrogens is 927 g/mol. The number of alkyl halides is 3. The number of halogens is 4. The van der Waals surface area contributed by atoms with E-state index in [1.54, 1.807) is 47.5 Å². The lowest BCUT2D eigenvalue weighted by atomic mass is 9.94. The summed E-state index contributed by atoms with van der Waals surface area (Å²) in [5.41, 5.74) is 3.67. The molecule has 4 atom stereocenters. The first-order chi connectivity index (χ1) is 33.2. The molecule has 0 radical (unpaired) electrons. The van der Waals surface area contributed by atoms with Gasteiger partial charge < -0.3 is 39.8 Å². The number of pyridine rings is 1. The number of benzene rings is 3. The topological polar surface area (TPSA) is 165 Å². The Morgan fingerprint density at radius 3 is 2.17 bits per heavy atom. The maximum absolute atomic E-state index is 14.3. The lowest BCUT2D eigenvalue weighted by molar-refractivity contribution is -0.274. The summed E-state index contributed by atoms with van der Waals surface area (Å²) >= 11 is 6.66. The number of amides is 4. The van der Waals surface area contributed by atoms with Crippen LogP contribution in [0.5, 0.6) is 5.75 Å². The van der Waals surface area contributed by atoms with E-state index >= 15 is 0 Å². The highest BCUT2D eigenvalue weighted by Gasteiger charge is 2.44. The van der Waals surface area contributed by atoms with Crippen molar-refractivity contribution in [2.75, 3.05) is 43.5 Å². The SMILES string of the molecule is COC(=O)NC(C(=O)N1CC(N2Cc3ccccc3C2)CC1c1ncc(-c2ccc(-c3cc(Cl)c(NC(=O)c4ccc(N5CCN(C(=O)C(C)(C)C)CC5C)nc4)cc3OC(F)(F)F)cc2)[nH]1)C(C)C. The highest BCUT2D eigenvalue weighted by Crippen LogP contribution is 2.42. The van der Waals surface area contributed by atoms with Crippen LogP contribution < -0.4 is 20.3 Å². The van der Waals surface area contributed by atoms with E-state index in [1.165, 1.54) is 30.5 Å². The van der Waals surface area contributed by atoms with Crippen LogP contribution in [0.4, 0.5) is 29.5 Å². The third-order valence-electron chi connectivity index (χ3n) is 13.2. The number of ether oxygens (including phenoxy) is 2. The number of imidazole rings is 1. The molecule has 2 fully saturated rings. The summed E-state index contributed by atoms with van der Waals surface area (Å²) in [4.78, 5) is 73.6. The van der Waals surface area contributed by atoms with E-state index in [1.807, 2.05) is 58.6 Å². The molecule has 4 amide bonds. The molecule has 5 heterocycles. The quantitative estimate of drug-likeness (QED) is 0.116. The van der Waals surface area contributed by atoms with Crippen molar-refractivity contribution in [1.29, 1.82) is 0 Å². The number of piperazine rings is 1. The van der Waals surface area contributed by atoms with Crippen LogP contribution in [-0.2, 0) is 27.4 Å². The first-order valence-electron chi connectivity index (χ1n) is 23.2. The molecule has 19 heteroatoms. The number of aromatic amines is 1. The summed E-state index contributed by atoms with van der Waals surface area (Å²) in [5, 5.41) is 5.28. The molecule has 0 aliphatic carbocycles. The first-order valence-corrected chi connectivity index (χ1v) is 23.6. The minimum Gasteiger partial charge on any atom is -0.453 e. The van der Waals surface area contributed by atoms with E-state index in [2.05, 4.69) is 47.3 Å². The number of anilines is 2.